The molecule has 1 N–H and O–H groups in total. The van der Waals surface area contributed by atoms with Crippen LogP contribution in [0.5, 0.6) is 0 Å². The third kappa shape index (κ3) is 3.02. The molecule has 0 saturated carbocycles. The summed E-state index contributed by atoms with van der Waals surface area (Å²) in [5.41, 5.74) is 5.55. The summed E-state index contributed by atoms with van der Waals surface area (Å²) in [4.78, 5) is 16.6. The van der Waals surface area contributed by atoms with Crippen molar-refractivity contribution in [3.8, 4) is 22.6 Å². The highest BCUT2D eigenvalue weighted by molar-refractivity contribution is 5.90. The van der Waals surface area contributed by atoms with Crippen molar-refractivity contribution in [2.45, 2.75) is 26.8 Å². The van der Waals surface area contributed by atoms with E-state index in [9.17, 15) is 0 Å². The molecule has 9 nitrogen and oxygen atoms in total. The number of morpholine rings is 1. The molecule has 4 aromatic heterocycles. The molecule has 0 unspecified atom stereocenters. The van der Waals surface area contributed by atoms with Crippen LogP contribution in [0.1, 0.15) is 18.3 Å². The number of hydrogen-bond donors (Lipinski definition) is 1. The van der Waals surface area contributed by atoms with Crippen molar-refractivity contribution < 1.29 is 4.74 Å². The number of fused-ring (bicyclic) bond motifs is 1. The molecule has 9 heteroatoms. The number of anilines is 1. The number of H-pyrrole nitrogens is 1. The van der Waals surface area contributed by atoms with E-state index in [0.29, 0.717) is 19.0 Å². The third-order valence-corrected chi connectivity index (χ3v) is 5.73. The third-order valence-electron chi connectivity index (χ3n) is 5.73. The Morgan fingerprint density at radius 3 is 2.87 bits per heavy atom. The first-order valence-corrected chi connectivity index (χ1v) is 10.1. The van der Waals surface area contributed by atoms with Crippen LogP contribution in [0, 0.1) is 13.8 Å². The van der Waals surface area contributed by atoms with Crippen LogP contribution in [0.2, 0.25) is 0 Å². The maximum atomic E-state index is 5.63. The van der Waals surface area contributed by atoms with Gasteiger partial charge in [-0.15, -0.1) is 0 Å². The second kappa shape index (κ2) is 7.17. The van der Waals surface area contributed by atoms with Crippen molar-refractivity contribution in [1.29, 1.82) is 0 Å². The number of aromatic nitrogens is 7. The predicted molar refractivity (Wildman–Crippen MR) is 114 cm³/mol. The van der Waals surface area contributed by atoms with E-state index in [2.05, 4.69) is 45.1 Å². The molecule has 1 atom stereocenters. The second-order valence-electron chi connectivity index (χ2n) is 7.71. The highest BCUT2D eigenvalue weighted by Crippen LogP contribution is 2.32. The summed E-state index contributed by atoms with van der Waals surface area (Å²) in [7, 11) is 1.96. The lowest BCUT2D eigenvalue weighted by molar-refractivity contribution is 0.0985. The standard InChI is InChI=1S/C21H24N8O/c1-12-11-30-8-7-29(12)18-9-17(19-13(2)27-28(4)14(19)3)24-21(25-18)15-5-6-22-20-16(15)10-23-26-20/h5-6,9-10,12H,7-8,11H2,1-4H3,(H,22,23,26)/t12-/m1/s1. The Balaban J connectivity index is 1.74. The lowest BCUT2D eigenvalue weighted by atomic mass is 10.1. The minimum Gasteiger partial charge on any atom is -0.377 e. The van der Waals surface area contributed by atoms with E-state index in [4.69, 9.17) is 14.7 Å². The van der Waals surface area contributed by atoms with E-state index in [-0.39, 0.29) is 6.04 Å². The average molecular weight is 404 g/mol. The molecule has 1 aliphatic rings. The monoisotopic (exact) mass is 404 g/mol. The van der Waals surface area contributed by atoms with Gasteiger partial charge in [0.2, 0.25) is 0 Å². The Morgan fingerprint density at radius 2 is 2.10 bits per heavy atom. The SMILES string of the molecule is Cc1nn(C)c(C)c1-c1cc(N2CCOC[C@H]2C)nc(-c2ccnc3[nH]ncc23)n1. The molecule has 0 spiro atoms. The molecule has 5 rings (SSSR count). The van der Waals surface area contributed by atoms with E-state index >= 15 is 0 Å². The summed E-state index contributed by atoms with van der Waals surface area (Å²) in [6.45, 7) is 8.39. The molecule has 4 aromatic rings. The number of aromatic amines is 1. The largest absolute Gasteiger partial charge is 0.377 e. The van der Waals surface area contributed by atoms with Gasteiger partial charge in [-0.05, 0) is 26.8 Å². The number of hydrogen-bond acceptors (Lipinski definition) is 7. The van der Waals surface area contributed by atoms with Crippen LogP contribution in [-0.4, -0.2) is 60.7 Å². The lowest BCUT2D eigenvalue weighted by Gasteiger charge is -2.34. The van der Waals surface area contributed by atoms with Crippen LogP contribution in [0.15, 0.2) is 24.5 Å². The predicted octanol–water partition coefficient (Wildman–Crippen LogP) is 2.66. The van der Waals surface area contributed by atoms with Gasteiger partial charge in [0.15, 0.2) is 11.5 Å². The molecule has 0 aromatic carbocycles. The Labute approximate surface area is 174 Å². The summed E-state index contributed by atoms with van der Waals surface area (Å²) in [6, 6.07) is 4.24. The smallest absolute Gasteiger partial charge is 0.162 e. The first-order chi connectivity index (χ1) is 14.5. The van der Waals surface area contributed by atoms with Crippen molar-refractivity contribution in [1.82, 2.24) is 34.9 Å². The van der Waals surface area contributed by atoms with Crippen LogP contribution in [0.25, 0.3) is 33.7 Å². The zero-order valence-corrected chi connectivity index (χ0v) is 17.5. The van der Waals surface area contributed by atoms with Crippen molar-refractivity contribution >= 4 is 16.9 Å². The van der Waals surface area contributed by atoms with Gasteiger partial charge in [0.25, 0.3) is 0 Å². The first-order valence-electron chi connectivity index (χ1n) is 10.1. The van der Waals surface area contributed by atoms with Gasteiger partial charge in [-0.1, -0.05) is 0 Å². The van der Waals surface area contributed by atoms with Crippen LogP contribution >= 0.6 is 0 Å². The van der Waals surface area contributed by atoms with Crippen LogP contribution in [0.4, 0.5) is 5.82 Å². The summed E-state index contributed by atoms with van der Waals surface area (Å²) in [6.07, 6.45) is 3.52. The lowest BCUT2D eigenvalue weighted by Crippen LogP contribution is -2.44. The number of pyridine rings is 1. The Morgan fingerprint density at radius 1 is 1.23 bits per heavy atom. The highest BCUT2D eigenvalue weighted by atomic mass is 16.5. The van der Waals surface area contributed by atoms with Gasteiger partial charge in [-0.3, -0.25) is 9.78 Å². The minimum absolute atomic E-state index is 0.233. The zero-order valence-electron chi connectivity index (χ0n) is 17.5. The number of nitrogens with one attached hydrogen (secondary N) is 1. The molecule has 154 valence electrons. The zero-order chi connectivity index (χ0) is 20.8. The van der Waals surface area contributed by atoms with Crippen molar-refractivity contribution in [3.63, 3.8) is 0 Å². The van der Waals surface area contributed by atoms with Crippen LogP contribution < -0.4 is 4.90 Å². The number of rotatable bonds is 3. The average Bonchev–Trinajstić information content (AvgIpc) is 3.32. The van der Waals surface area contributed by atoms with Gasteiger partial charge in [-0.25, -0.2) is 15.0 Å². The molecule has 1 aliphatic heterocycles. The number of ether oxygens (including phenoxy) is 1. The fraction of sp³-hybridized carbons (Fsp3) is 0.381. The molecule has 30 heavy (non-hydrogen) atoms. The molecule has 1 saturated heterocycles. The van der Waals surface area contributed by atoms with Gasteiger partial charge in [0, 0.05) is 48.1 Å². The highest BCUT2D eigenvalue weighted by Gasteiger charge is 2.24. The van der Waals surface area contributed by atoms with Crippen LogP contribution in [-0.2, 0) is 11.8 Å². The van der Waals surface area contributed by atoms with E-state index in [1.54, 1.807) is 12.4 Å². The number of nitrogens with zero attached hydrogens (tertiary/aromatic N) is 7. The molecule has 5 heterocycles. The summed E-state index contributed by atoms with van der Waals surface area (Å²) in [5, 5.41) is 12.6. The molecule has 0 bridgehead atoms. The molecular formula is C21H24N8O. The first kappa shape index (κ1) is 18.7. The fourth-order valence-electron chi connectivity index (χ4n) is 4.09. The molecule has 0 aliphatic carbocycles. The van der Waals surface area contributed by atoms with Gasteiger partial charge < -0.3 is 9.64 Å². The van der Waals surface area contributed by atoms with E-state index in [1.807, 2.05) is 24.7 Å². The summed E-state index contributed by atoms with van der Waals surface area (Å²) < 4.78 is 7.53. The molecule has 1 fully saturated rings. The van der Waals surface area contributed by atoms with Gasteiger partial charge in [0.05, 0.1) is 36.8 Å². The van der Waals surface area contributed by atoms with Crippen LogP contribution in [0.3, 0.4) is 0 Å². The van der Waals surface area contributed by atoms with E-state index in [1.165, 1.54) is 0 Å². The second-order valence-corrected chi connectivity index (χ2v) is 7.71. The molecule has 0 radical (unpaired) electrons. The van der Waals surface area contributed by atoms with E-state index < -0.39 is 0 Å². The Hall–Kier alpha value is -3.33. The number of aryl methyl sites for hydroxylation is 2. The molecular weight excluding hydrogens is 380 g/mol. The van der Waals surface area contributed by atoms with Gasteiger partial charge >= 0.3 is 0 Å². The quantitative estimate of drug-likeness (QED) is 0.560. The maximum absolute atomic E-state index is 5.63. The Bertz CT molecular complexity index is 1230. The van der Waals surface area contributed by atoms with Crippen molar-refractivity contribution in [3.05, 3.63) is 35.9 Å². The normalized spacial score (nSPS) is 17.1. The van der Waals surface area contributed by atoms with Gasteiger partial charge in [0.1, 0.15) is 5.82 Å². The summed E-state index contributed by atoms with van der Waals surface area (Å²) in [5.74, 6) is 1.54. The molecule has 0 amide bonds. The summed E-state index contributed by atoms with van der Waals surface area (Å²) >= 11 is 0. The van der Waals surface area contributed by atoms with Crippen molar-refractivity contribution in [2.75, 3.05) is 24.7 Å². The Kier molecular flexibility index (Phi) is 4.47. The van der Waals surface area contributed by atoms with E-state index in [0.717, 1.165) is 51.6 Å². The topological polar surface area (TPSA) is 97.6 Å². The van der Waals surface area contributed by atoms with Crippen molar-refractivity contribution in [2.24, 2.45) is 7.05 Å². The maximum Gasteiger partial charge on any atom is 0.162 e. The van der Waals surface area contributed by atoms with Gasteiger partial charge in [-0.2, -0.15) is 10.2 Å². The fourth-order valence-corrected chi connectivity index (χ4v) is 4.09. The minimum atomic E-state index is 0.233.